The van der Waals surface area contributed by atoms with Gasteiger partial charge >= 0.3 is 0 Å². The molecule has 0 bridgehead atoms. The summed E-state index contributed by atoms with van der Waals surface area (Å²) in [5.41, 5.74) is 0. The minimum Gasteiger partial charge on any atom is -0.365 e. The molecule has 0 saturated carbocycles. The Morgan fingerprint density at radius 3 is 3.00 bits per heavy atom. The maximum atomic E-state index is 9.96. The molecule has 1 unspecified atom stereocenters. The molecule has 1 heterocycles. The molecular formula is C5H5NO2. The van der Waals surface area contributed by atoms with Gasteiger partial charge in [0.2, 0.25) is 0 Å². The number of hydrogen-bond acceptors (Lipinski definition) is 3. The van der Waals surface area contributed by atoms with E-state index in [0.717, 1.165) is 6.29 Å². The molecule has 0 aromatic carbocycles. The van der Waals surface area contributed by atoms with Crippen molar-refractivity contribution in [1.29, 1.82) is 0 Å². The van der Waals surface area contributed by atoms with Gasteiger partial charge in [-0.25, -0.2) is 0 Å². The normalized spacial score (nSPS) is 24.8. The Morgan fingerprint density at radius 1 is 1.75 bits per heavy atom. The summed E-state index contributed by atoms with van der Waals surface area (Å²) in [6.07, 6.45) is 5.24. The van der Waals surface area contributed by atoms with Gasteiger partial charge in [0, 0.05) is 0 Å². The zero-order valence-electron chi connectivity index (χ0n) is 4.15. The van der Waals surface area contributed by atoms with E-state index in [4.69, 9.17) is 0 Å². The van der Waals surface area contributed by atoms with E-state index < -0.39 is 0 Å². The first-order valence-corrected chi connectivity index (χ1v) is 2.25. The SMILES string of the molecule is O=CC1C=CON=C1. The second-order valence-electron chi connectivity index (χ2n) is 1.40. The molecule has 42 valence electrons. The summed E-state index contributed by atoms with van der Waals surface area (Å²) < 4.78 is 0. The van der Waals surface area contributed by atoms with Crippen LogP contribution >= 0.6 is 0 Å². The van der Waals surface area contributed by atoms with Gasteiger partial charge in [0.25, 0.3) is 0 Å². The molecule has 1 atom stereocenters. The van der Waals surface area contributed by atoms with Crippen LogP contribution in [-0.2, 0) is 9.63 Å². The maximum absolute atomic E-state index is 9.96. The Morgan fingerprint density at radius 2 is 2.62 bits per heavy atom. The molecule has 0 saturated heterocycles. The smallest absolute Gasteiger partial charge is 0.132 e. The van der Waals surface area contributed by atoms with Crippen molar-refractivity contribution in [1.82, 2.24) is 0 Å². The van der Waals surface area contributed by atoms with Crippen LogP contribution in [0.15, 0.2) is 17.5 Å². The number of hydrogen-bond donors (Lipinski definition) is 0. The average molecular weight is 111 g/mol. The van der Waals surface area contributed by atoms with Crippen molar-refractivity contribution in [3.63, 3.8) is 0 Å². The van der Waals surface area contributed by atoms with E-state index in [0.29, 0.717) is 0 Å². The third-order valence-electron chi connectivity index (χ3n) is 0.813. The Bertz CT molecular complexity index is 127. The van der Waals surface area contributed by atoms with Crippen molar-refractivity contribution in [2.75, 3.05) is 0 Å². The highest BCUT2D eigenvalue weighted by Crippen LogP contribution is 1.96. The first-order chi connectivity index (χ1) is 3.93. The summed E-state index contributed by atoms with van der Waals surface area (Å²) in [7, 11) is 0. The lowest BCUT2D eigenvalue weighted by molar-refractivity contribution is -0.108. The summed E-state index contributed by atoms with van der Waals surface area (Å²) in [4.78, 5) is 14.4. The van der Waals surface area contributed by atoms with Gasteiger partial charge in [-0.2, -0.15) is 0 Å². The van der Waals surface area contributed by atoms with Crippen LogP contribution < -0.4 is 0 Å². The van der Waals surface area contributed by atoms with Crippen molar-refractivity contribution in [2.24, 2.45) is 11.1 Å². The quantitative estimate of drug-likeness (QED) is 0.457. The minimum absolute atomic E-state index is 0.191. The lowest BCUT2D eigenvalue weighted by Crippen LogP contribution is -2.02. The zero-order valence-corrected chi connectivity index (χ0v) is 4.15. The zero-order chi connectivity index (χ0) is 5.82. The fourth-order valence-corrected chi connectivity index (χ4v) is 0.397. The van der Waals surface area contributed by atoms with Gasteiger partial charge < -0.3 is 9.63 Å². The Labute approximate surface area is 46.6 Å². The number of oxime groups is 1. The molecule has 3 nitrogen and oxygen atoms in total. The Kier molecular flexibility index (Phi) is 1.42. The van der Waals surface area contributed by atoms with Gasteiger partial charge in [-0.05, 0) is 6.08 Å². The van der Waals surface area contributed by atoms with E-state index in [1.807, 2.05) is 0 Å². The molecule has 8 heavy (non-hydrogen) atoms. The van der Waals surface area contributed by atoms with Crippen molar-refractivity contribution in [3.8, 4) is 0 Å². The van der Waals surface area contributed by atoms with Gasteiger partial charge in [-0.1, -0.05) is 5.16 Å². The van der Waals surface area contributed by atoms with Crippen LogP contribution in [-0.4, -0.2) is 12.5 Å². The largest absolute Gasteiger partial charge is 0.365 e. The molecule has 1 rings (SSSR count). The minimum atomic E-state index is -0.191. The number of aldehydes is 1. The number of carbonyl (C=O) groups is 1. The fourth-order valence-electron chi connectivity index (χ4n) is 0.397. The number of carbonyl (C=O) groups excluding carboxylic acids is 1. The lowest BCUT2D eigenvalue weighted by atomic mass is 10.2. The molecule has 3 heteroatoms. The molecule has 1 aliphatic heterocycles. The van der Waals surface area contributed by atoms with Crippen LogP contribution in [0.3, 0.4) is 0 Å². The average Bonchev–Trinajstić information content (AvgIpc) is 1.90. The fraction of sp³-hybridized carbons (Fsp3) is 0.200. The molecule has 0 aromatic heterocycles. The summed E-state index contributed by atoms with van der Waals surface area (Å²) >= 11 is 0. The van der Waals surface area contributed by atoms with Gasteiger partial charge in [0.15, 0.2) is 0 Å². The van der Waals surface area contributed by atoms with Crippen LogP contribution in [0.1, 0.15) is 0 Å². The predicted octanol–water partition coefficient (Wildman–Crippen LogP) is 0.331. The Balaban J connectivity index is 2.54. The molecule has 0 amide bonds. The summed E-state index contributed by atoms with van der Waals surface area (Å²) in [6, 6.07) is 0. The number of allylic oxidation sites excluding steroid dienone is 1. The van der Waals surface area contributed by atoms with Gasteiger partial charge in [-0.3, -0.25) is 0 Å². The monoisotopic (exact) mass is 111 g/mol. The van der Waals surface area contributed by atoms with Gasteiger partial charge in [0.05, 0.1) is 12.1 Å². The third kappa shape index (κ3) is 0.932. The molecule has 0 spiro atoms. The highest BCUT2D eigenvalue weighted by atomic mass is 16.6. The predicted molar refractivity (Wildman–Crippen MR) is 28.3 cm³/mol. The molecule has 0 radical (unpaired) electrons. The van der Waals surface area contributed by atoms with Gasteiger partial charge in [-0.15, -0.1) is 0 Å². The van der Waals surface area contributed by atoms with Crippen molar-refractivity contribution in [3.05, 3.63) is 12.3 Å². The van der Waals surface area contributed by atoms with Crippen LogP contribution in [0.2, 0.25) is 0 Å². The lowest BCUT2D eigenvalue weighted by Gasteiger charge is -1.98. The van der Waals surface area contributed by atoms with Crippen LogP contribution in [0, 0.1) is 5.92 Å². The van der Waals surface area contributed by atoms with Crippen LogP contribution in [0.4, 0.5) is 0 Å². The number of nitrogens with zero attached hydrogens (tertiary/aromatic N) is 1. The number of rotatable bonds is 1. The van der Waals surface area contributed by atoms with Crippen LogP contribution in [0.25, 0.3) is 0 Å². The summed E-state index contributed by atoms with van der Waals surface area (Å²) in [5, 5.41) is 3.39. The van der Waals surface area contributed by atoms with E-state index in [1.165, 1.54) is 12.5 Å². The maximum Gasteiger partial charge on any atom is 0.132 e. The molecule has 0 fully saturated rings. The van der Waals surface area contributed by atoms with Gasteiger partial charge in [0.1, 0.15) is 12.5 Å². The first-order valence-electron chi connectivity index (χ1n) is 2.25. The van der Waals surface area contributed by atoms with Crippen molar-refractivity contribution in [2.45, 2.75) is 0 Å². The molecule has 0 aromatic rings. The topological polar surface area (TPSA) is 38.7 Å². The second kappa shape index (κ2) is 2.26. The van der Waals surface area contributed by atoms with E-state index in [9.17, 15) is 4.79 Å². The van der Waals surface area contributed by atoms with Crippen LogP contribution in [0.5, 0.6) is 0 Å². The van der Waals surface area contributed by atoms with Crippen molar-refractivity contribution >= 4 is 12.5 Å². The standard InChI is InChI=1S/C5H5NO2/c7-4-5-1-2-8-6-3-5/h1-5H. The van der Waals surface area contributed by atoms with Crippen molar-refractivity contribution < 1.29 is 9.63 Å². The Hall–Kier alpha value is -1.12. The molecular weight excluding hydrogens is 106 g/mol. The van der Waals surface area contributed by atoms with E-state index in [-0.39, 0.29) is 5.92 Å². The first kappa shape index (κ1) is 5.03. The highest BCUT2D eigenvalue weighted by molar-refractivity contribution is 5.83. The highest BCUT2D eigenvalue weighted by Gasteiger charge is 1.99. The van der Waals surface area contributed by atoms with E-state index >= 15 is 0 Å². The van der Waals surface area contributed by atoms with E-state index in [2.05, 4.69) is 9.99 Å². The summed E-state index contributed by atoms with van der Waals surface area (Å²) in [5.74, 6) is -0.191. The molecule has 1 aliphatic rings. The third-order valence-corrected chi connectivity index (χ3v) is 0.813. The second-order valence-corrected chi connectivity index (χ2v) is 1.40. The molecule has 0 N–H and O–H groups in total. The summed E-state index contributed by atoms with van der Waals surface area (Å²) in [6.45, 7) is 0. The molecule has 0 aliphatic carbocycles. The van der Waals surface area contributed by atoms with E-state index in [1.54, 1.807) is 6.08 Å².